The average molecular weight is 362 g/mol. The van der Waals surface area contributed by atoms with Crippen molar-refractivity contribution >= 4 is 11.6 Å². The molecule has 0 saturated heterocycles. The Labute approximate surface area is 153 Å². The Morgan fingerprint density at radius 1 is 1.12 bits per heavy atom. The second-order valence-corrected chi connectivity index (χ2v) is 5.46. The molecule has 2 N–H and O–H groups in total. The number of benzene rings is 1. The summed E-state index contributed by atoms with van der Waals surface area (Å²) in [5, 5.41) is 14.6. The lowest BCUT2D eigenvalue weighted by atomic mass is 10.2. The van der Waals surface area contributed by atoms with E-state index in [-0.39, 0.29) is 0 Å². The monoisotopic (exact) mass is 362 g/mol. The number of hydrogen-bond acceptors (Lipinski definition) is 6. The number of methoxy groups -OCH3 is 3. The summed E-state index contributed by atoms with van der Waals surface area (Å²) in [7, 11) is 6.65. The summed E-state index contributed by atoms with van der Waals surface area (Å²) >= 11 is 0. The van der Waals surface area contributed by atoms with E-state index >= 15 is 0 Å². The first-order chi connectivity index (χ1) is 12.5. The molecular weight excluding hydrogens is 336 g/mol. The van der Waals surface area contributed by atoms with Gasteiger partial charge in [0.2, 0.25) is 5.75 Å². The van der Waals surface area contributed by atoms with E-state index in [0.717, 1.165) is 17.3 Å². The van der Waals surface area contributed by atoms with Crippen molar-refractivity contribution < 1.29 is 14.2 Å². The van der Waals surface area contributed by atoms with Crippen LogP contribution in [-0.2, 0) is 13.6 Å². The van der Waals surface area contributed by atoms with Crippen LogP contribution in [0.3, 0.4) is 0 Å². The summed E-state index contributed by atoms with van der Waals surface area (Å²) < 4.78 is 18.0. The lowest BCUT2D eigenvalue weighted by Crippen LogP contribution is -2.30. The van der Waals surface area contributed by atoms with Gasteiger partial charge in [-0.2, -0.15) is 0 Å². The zero-order valence-corrected chi connectivity index (χ0v) is 16.1. The minimum Gasteiger partial charge on any atom is -0.493 e. The van der Waals surface area contributed by atoms with Gasteiger partial charge in [0.25, 0.3) is 0 Å². The molecule has 0 bridgehead atoms. The fraction of sp³-hybridized carbons (Fsp3) is 0.471. The van der Waals surface area contributed by atoms with Crippen molar-refractivity contribution in [3.05, 3.63) is 23.8 Å². The maximum Gasteiger partial charge on any atom is 0.203 e. The molecule has 0 radical (unpaired) electrons. The first-order valence-electron chi connectivity index (χ1n) is 8.24. The van der Waals surface area contributed by atoms with Crippen molar-refractivity contribution in [1.29, 1.82) is 0 Å². The molecule has 9 heteroatoms. The van der Waals surface area contributed by atoms with Gasteiger partial charge < -0.3 is 29.4 Å². The van der Waals surface area contributed by atoms with E-state index in [4.69, 9.17) is 14.2 Å². The predicted molar refractivity (Wildman–Crippen MR) is 100 cm³/mol. The molecular formula is C17H26N6O3. The predicted octanol–water partition coefficient (Wildman–Crippen LogP) is 1.73. The van der Waals surface area contributed by atoms with E-state index in [1.807, 2.05) is 37.6 Å². The quantitative estimate of drug-likeness (QED) is 0.572. The molecule has 1 aromatic carbocycles. The van der Waals surface area contributed by atoms with Crippen LogP contribution < -0.4 is 24.8 Å². The number of ether oxygens (including phenoxy) is 3. The van der Waals surface area contributed by atoms with E-state index in [9.17, 15) is 0 Å². The fourth-order valence-corrected chi connectivity index (χ4v) is 2.34. The number of guanidine groups is 1. The number of aromatic nitrogens is 3. The van der Waals surface area contributed by atoms with Gasteiger partial charge in [0.1, 0.15) is 12.4 Å². The van der Waals surface area contributed by atoms with Crippen molar-refractivity contribution in [3.63, 3.8) is 0 Å². The number of rotatable bonds is 7. The molecule has 0 unspecified atom stereocenters. The van der Waals surface area contributed by atoms with Gasteiger partial charge in [-0.25, -0.2) is 4.99 Å². The summed E-state index contributed by atoms with van der Waals surface area (Å²) in [6.45, 7) is 5.02. The van der Waals surface area contributed by atoms with Crippen LogP contribution in [-0.4, -0.2) is 48.6 Å². The number of aliphatic imine (C=N–C) groups is 1. The van der Waals surface area contributed by atoms with Gasteiger partial charge in [-0.05, 0) is 13.8 Å². The van der Waals surface area contributed by atoms with Crippen molar-refractivity contribution in [2.24, 2.45) is 12.0 Å². The molecule has 9 nitrogen and oxygen atoms in total. The second kappa shape index (κ2) is 8.93. The van der Waals surface area contributed by atoms with Gasteiger partial charge in [-0.1, -0.05) is 0 Å². The molecule has 0 atom stereocenters. The standard InChI is InChI=1S/C17H26N6O3/c1-7-18-17(19-10-15-22-21-11(2)23(15)3)20-12-8-13(24-4)16(26-6)14(9-12)25-5/h8-9H,7,10H2,1-6H3,(H2,18,19,20). The summed E-state index contributed by atoms with van der Waals surface area (Å²) in [5.41, 5.74) is 0.758. The van der Waals surface area contributed by atoms with Crippen molar-refractivity contribution in [3.8, 4) is 17.2 Å². The summed E-state index contributed by atoms with van der Waals surface area (Å²) in [5.74, 6) is 3.91. The second-order valence-electron chi connectivity index (χ2n) is 5.46. The van der Waals surface area contributed by atoms with Crippen LogP contribution in [0, 0.1) is 6.92 Å². The molecule has 0 aliphatic heterocycles. The summed E-state index contributed by atoms with van der Waals surface area (Å²) in [4.78, 5) is 4.56. The normalized spacial score (nSPS) is 11.2. The first kappa shape index (κ1) is 19.4. The Morgan fingerprint density at radius 3 is 2.23 bits per heavy atom. The molecule has 142 valence electrons. The van der Waals surface area contributed by atoms with Crippen molar-refractivity contribution in [2.75, 3.05) is 33.2 Å². The Morgan fingerprint density at radius 2 is 1.77 bits per heavy atom. The Balaban J connectivity index is 2.26. The number of hydrogen-bond donors (Lipinski definition) is 2. The minimum atomic E-state index is 0.400. The molecule has 2 aromatic rings. The van der Waals surface area contributed by atoms with Gasteiger partial charge in [-0.15, -0.1) is 10.2 Å². The van der Waals surface area contributed by atoms with Crippen LogP contribution >= 0.6 is 0 Å². The lowest BCUT2D eigenvalue weighted by molar-refractivity contribution is 0.324. The smallest absolute Gasteiger partial charge is 0.203 e. The SMILES string of the molecule is CCNC(=NCc1nnc(C)n1C)Nc1cc(OC)c(OC)c(OC)c1. The van der Waals surface area contributed by atoms with E-state index in [2.05, 4.69) is 25.8 Å². The van der Waals surface area contributed by atoms with Crippen molar-refractivity contribution in [2.45, 2.75) is 20.4 Å². The highest BCUT2D eigenvalue weighted by Crippen LogP contribution is 2.39. The summed E-state index contributed by atoms with van der Waals surface area (Å²) in [6, 6.07) is 3.64. The zero-order chi connectivity index (χ0) is 19.1. The maximum absolute atomic E-state index is 5.38. The number of anilines is 1. The highest BCUT2D eigenvalue weighted by molar-refractivity contribution is 5.94. The van der Waals surface area contributed by atoms with Gasteiger partial charge in [0.05, 0.1) is 21.3 Å². The highest BCUT2D eigenvalue weighted by atomic mass is 16.5. The average Bonchev–Trinajstić information content (AvgIpc) is 2.97. The van der Waals surface area contributed by atoms with Crippen LogP contribution in [0.25, 0.3) is 0 Å². The largest absolute Gasteiger partial charge is 0.493 e. The fourth-order valence-electron chi connectivity index (χ4n) is 2.34. The minimum absolute atomic E-state index is 0.400. The Hall–Kier alpha value is -2.97. The van der Waals surface area contributed by atoms with E-state index < -0.39 is 0 Å². The first-order valence-corrected chi connectivity index (χ1v) is 8.24. The molecule has 2 rings (SSSR count). The van der Waals surface area contributed by atoms with Crippen molar-refractivity contribution in [1.82, 2.24) is 20.1 Å². The maximum atomic E-state index is 5.38. The molecule has 0 aliphatic rings. The van der Waals surface area contributed by atoms with Crippen LogP contribution in [0.15, 0.2) is 17.1 Å². The molecule has 0 aliphatic carbocycles. The number of nitrogens with zero attached hydrogens (tertiary/aromatic N) is 4. The Kier molecular flexibility index (Phi) is 6.65. The molecule has 1 heterocycles. The zero-order valence-electron chi connectivity index (χ0n) is 16.1. The molecule has 26 heavy (non-hydrogen) atoms. The van der Waals surface area contributed by atoms with E-state index in [1.165, 1.54) is 0 Å². The number of nitrogens with one attached hydrogen (secondary N) is 2. The number of aryl methyl sites for hydroxylation is 1. The van der Waals surface area contributed by atoms with Gasteiger partial charge >= 0.3 is 0 Å². The van der Waals surface area contributed by atoms with Crippen LogP contribution in [0.1, 0.15) is 18.6 Å². The van der Waals surface area contributed by atoms with Gasteiger partial charge in [-0.3, -0.25) is 0 Å². The van der Waals surface area contributed by atoms with Crippen LogP contribution in [0.5, 0.6) is 17.2 Å². The third-order valence-electron chi connectivity index (χ3n) is 3.83. The third kappa shape index (κ3) is 4.35. The third-order valence-corrected chi connectivity index (χ3v) is 3.83. The lowest BCUT2D eigenvalue weighted by Gasteiger charge is -2.16. The Bertz CT molecular complexity index is 747. The molecule has 0 amide bonds. The molecule has 1 aromatic heterocycles. The molecule has 0 spiro atoms. The van der Waals surface area contributed by atoms with Crippen LogP contribution in [0.2, 0.25) is 0 Å². The topological polar surface area (TPSA) is 94.8 Å². The van der Waals surface area contributed by atoms with E-state index in [0.29, 0.717) is 36.3 Å². The summed E-state index contributed by atoms with van der Waals surface area (Å²) in [6.07, 6.45) is 0. The molecule has 0 fully saturated rings. The van der Waals surface area contributed by atoms with E-state index in [1.54, 1.807) is 21.3 Å². The molecule has 0 saturated carbocycles. The van der Waals surface area contributed by atoms with Gasteiger partial charge in [0, 0.05) is 31.4 Å². The van der Waals surface area contributed by atoms with Gasteiger partial charge in [0.15, 0.2) is 23.3 Å². The van der Waals surface area contributed by atoms with Crippen LogP contribution in [0.4, 0.5) is 5.69 Å². The highest BCUT2D eigenvalue weighted by Gasteiger charge is 2.14.